The van der Waals surface area contributed by atoms with E-state index in [0.717, 1.165) is 18.4 Å². The molecule has 2 atom stereocenters. The molecule has 0 saturated heterocycles. The molecule has 4 heteroatoms. The van der Waals surface area contributed by atoms with Crippen LogP contribution in [-0.4, -0.2) is 18.5 Å². The maximum absolute atomic E-state index is 13.3. The molecule has 1 aliphatic rings. The lowest BCUT2D eigenvalue weighted by Gasteiger charge is -2.20. The number of carbonyl (C=O) groups is 1. The first-order valence-corrected chi connectivity index (χ1v) is 6.74. The minimum Gasteiger partial charge on any atom is -0.355 e. The molecule has 19 heavy (non-hydrogen) atoms. The molecule has 2 rings (SSSR count). The average Bonchev–Trinajstić information content (AvgIpc) is 3.16. The van der Waals surface area contributed by atoms with E-state index in [1.54, 1.807) is 12.1 Å². The molecule has 0 aliphatic heterocycles. The van der Waals surface area contributed by atoms with Gasteiger partial charge in [0, 0.05) is 23.9 Å². The molecule has 1 aliphatic carbocycles. The maximum atomic E-state index is 13.3. The van der Waals surface area contributed by atoms with Gasteiger partial charge in [-0.25, -0.2) is 4.39 Å². The monoisotopic (exact) mass is 264 g/mol. The van der Waals surface area contributed by atoms with Crippen molar-refractivity contribution in [1.82, 2.24) is 5.32 Å². The van der Waals surface area contributed by atoms with Gasteiger partial charge in [0.25, 0.3) is 0 Å². The molecule has 0 radical (unpaired) electrons. The fourth-order valence-electron chi connectivity index (χ4n) is 2.19. The van der Waals surface area contributed by atoms with Crippen LogP contribution >= 0.6 is 0 Å². The Balaban J connectivity index is 1.98. The molecule has 1 aromatic carbocycles. The van der Waals surface area contributed by atoms with Gasteiger partial charge >= 0.3 is 0 Å². The van der Waals surface area contributed by atoms with Gasteiger partial charge in [0.15, 0.2) is 0 Å². The zero-order valence-corrected chi connectivity index (χ0v) is 11.4. The van der Waals surface area contributed by atoms with Gasteiger partial charge in [-0.15, -0.1) is 0 Å². The second kappa shape index (κ2) is 5.29. The summed E-state index contributed by atoms with van der Waals surface area (Å²) in [7, 11) is 0. The van der Waals surface area contributed by atoms with Crippen molar-refractivity contribution in [2.24, 2.45) is 11.7 Å². The van der Waals surface area contributed by atoms with Gasteiger partial charge in [0.05, 0.1) is 0 Å². The van der Waals surface area contributed by atoms with Crippen molar-refractivity contribution in [3.63, 3.8) is 0 Å². The summed E-state index contributed by atoms with van der Waals surface area (Å²) in [6, 6.07) is 6.49. The largest absolute Gasteiger partial charge is 0.355 e. The molecule has 2 unspecified atom stereocenters. The Labute approximate surface area is 113 Å². The molecule has 0 heterocycles. The van der Waals surface area contributed by atoms with E-state index in [9.17, 15) is 9.18 Å². The Morgan fingerprint density at radius 3 is 2.68 bits per heavy atom. The highest BCUT2D eigenvalue weighted by Gasteiger charge is 2.44. The van der Waals surface area contributed by atoms with Crippen molar-refractivity contribution in [3.8, 4) is 0 Å². The van der Waals surface area contributed by atoms with E-state index in [1.807, 2.05) is 19.9 Å². The molecule has 1 aromatic rings. The molecule has 3 N–H and O–H groups in total. The molecule has 1 saturated carbocycles. The topological polar surface area (TPSA) is 55.1 Å². The Bertz CT molecular complexity index is 469. The van der Waals surface area contributed by atoms with Gasteiger partial charge in [-0.1, -0.05) is 19.1 Å². The van der Waals surface area contributed by atoms with E-state index in [0.29, 0.717) is 6.54 Å². The van der Waals surface area contributed by atoms with Crippen LogP contribution in [0, 0.1) is 11.7 Å². The van der Waals surface area contributed by atoms with Gasteiger partial charge in [-0.3, -0.25) is 4.79 Å². The number of halogens is 1. The Hall–Kier alpha value is -1.42. The Morgan fingerprint density at radius 1 is 1.47 bits per heavy atom. The fraction of sp³-hybridized carbons (Fsp3) is 0.533. The van der Waals surface area contributed by atoms with Crippen molar-refractivity contribution in [3.05, 3.63) is 35.6 Å². The van der Waals surface area contributed by atoms with Gasteiger partial charge in [0.2, 0.25) is 5.91 Å². The van der Waals surface area contributed by atoms with E-state index in [4.69, 9.17) is 5.73 Å². The smallest absolute Gasteiger partial charge is 0.224 e. The number of nitrogens with two attached hydrogens (primary N) is 1. The Kier molecular flexibility index (Phi) is 3.90. The van der Waals surface area contributed by atoms with Crippen molar-refractivity contribution >= 4 is 5.91 Å². The lowest BCUT2D eigenvalue weighted by molar-refractivity contribution is -0.125. The van der Waals surface area contributed by atoms with Crippen LogP contribution < -0.4 is 11.1 Å². The van der Waals surface area contributed by atoms with Crippen LogP contribution in [0.5, 0.6) is 0 Å². The normalized spacial score (nSPS) is 19.6. The van der Waals surface area contributed by atoms with E-state index in [-0.39, 0.29) is 29.1 Å². The molecule has 1 fully saturated rings. The van der Waals surface area contributed by atoms with Crippen LogP contribution in [0.2, 0.25) is 0 Å². The molecule has 0 spiro atoms. The molecule has 3 nitrogen and oxygen atoms in total. The second-order valence-electron chi connectivity index (χ2n) is 5.66. The first-order valence-electron chi connectivity index (χ1n) is 6.74. The highest BCUT2D eigenvalue weighted by atomic mass is 19.1. The van der Waals surface area contributed by atoms with Crippen molar-refractivity contribution < 1.29 is 9.18 Å². The quantitative estimate of drug-likeness (QED) is 0.854. The molecule has 104 valence electrons. The highest BCUT2D eigenvalue weighted by molar-refractivity contribution is 5.79. The fourth-order valence-corrected chi connectivity index (χ4v) is 2.19. The molecule has 0 bridgehead atoms. The summed E-state index contributed by atoms with van der Waals surface area (Å²) in [5.74, 6) is -0.458. The summed E-state index contributed by atoms with van der Waals surface area (Å²) in [6.45, 7) is 4.21. The number of nitrogens with one attached hydrogen (secondary N) is 1. The first-order chi connectivity index (χ1) is 8.94. The maximum Gasteiger partial charge on any atom is 0.224 e. The van der Waals surface area contributed by atoms with Crippen LogP contribution in [-0.2, 0) is 10.2 Å². The average molecular weight is 264 g/mol. The third-order valence-corrected chi connectivity index (χ3v) is 4.09. The number of amides is 1. The standard InChI is InChI=1S/C15H21FN2O/c1-10(11(2)17)14(19)18-9-15(6-7-15)12-4-3-5-13(16)8-12/h3-5,8,10-11H,6-7,9,17H2,1-2H3,(H,18,19). The summed E-state index contributed by atoms with van der Waals surface area (Å²) in [4.78, 5) is 11.9. The minimum atomic E-state index is -0.223. The number of carbonyl (C=O) groups excluding carboxylic acids is 1. The summed E-state index contributed by atoms with van der Waals surface area (Å²) < 4.78 is 13.3. The van der Waals surface area contributed by atoms with Crippen molar-refractivity contribution in [2.45, 2.75) is 38.1 Å². The predicted molar refractivity (Wildman–Crippen MR) is 73.1 cm³/mol. The van der Waals surface area contributed by atoms with E-state index in [2.05, 4.69) is 5.32 Å². The summed E-state index contributed by atoms with van der Waals surface area (Å²) in [5.41, 5.74) is 6.61. The SMILES string of the molecule is CC(N)C(C)C(=O)NCC1(c2cccc(F)c2)CC1. The van der Waals surface area contributed by atoms with Crippen LogP contribution in [0.15, 0.2) is 24.3 Å². The third-order valence-electron chi connectivity index (χ3n) is 4.09. The molecule has 1 amide bonds. The van der Waals surface area contributed by atoms with Gasteiger partial charge < -0.3 is 11.1 Å². The zero-order valence-electron chi connectivity index (χ0n) is 11.4. The molecular weight excluding hydrogens is 243 g/mol. The van der Waals surface area contributed by atoms with Crippen LogP contribution in [0.25, 0.3) is 0 Å². The lowest BCUT2D eigenvalue weighted by atomic mass is 9.95. The predicted octanol–water partition coefficient (Wildman–Crippen LogP) is 1.96. The third kappa shape index (κ3) is 3.13. The van der Waals surface area contributed by atoms with Crippen molar-refractivity contribution in [1.29, 1.82) is 0 Å². The van der Waals surface area contributed by atoms with Gasteiger partial charge in [0.1, 0.15) is 5.82 Å². The van der Waals surface area contributed by atoms with Crippen molar-refractivity contribution in [2.75, 3.05) is 6.54 Å². The summed E-state index contributed by atoms with van der Waals surface area (Å²) >= 11 is 0. The van der Waals surface area contributed by atoms with E-state index >= 15 is 0 Å². The molecule has 0 aromatic heterocycles. The summed E-state index contributed by atoms with van der Waals surface area (Å²) in [5, 5.41) is 2.94. The second-order valence-corrected chi connectivity index (χ2v) is 5.66. The lowest BCUT2D eigenvalue weighted by Crippen LogP contribution is -2.41. The minimum absolute atomic E-state index is 0.0299. The number of hydrogen-bond acceptors (Lipinski definition) is 2. The van der Waals surface area contributed by atoms with Crippen LogP contribution in [0.4, 0.5) is 4.39 Å². The van der Waals surface area contributed by atoms with Gasteiger partial charge in [-0.2, -0.15) is 0 Å². The zero-order chi connectivity index (χ0) is 14.0. The number of hydrogen-bond donors (Lipinski definition) is 2. The molecular formula is C15H21FN2O. The van der Waals surface area contributed by atoms with Crippen LogP contribution in [0.3, 0.4) is 0 Å². The Morgan fingerprint density at radius 2 is 2.16 bits per heavy atom. The van der Waals surface area contributed by atoms with Gasteiger partial charge in [-0.05, 0) is 37.5 Å². The number of rotatable bonds is 5. The number of benzene rings is 1. The van der Waals surface area contributed by atoms with Crippen LogP contribution in [0.1, 0.15) is 32.3 Å². The highest BCUT2D eigenvalue weighted by Crippen LogP contribution is 2.47. The van der Waals surface area contributed by atoms with E-state index in [1.165, 1.54) is 6.07 Å². The van der Waals surface area contributed by atoms with E-state index < -0.39 is 0 Å². The summed E-state index contributed by atoms with van der Waals surface area (Å²) in [6.07, 6.45) is 1.98. The first kappa shape index (κ1) is 14.0.